The number of ether oxygens (including phenoxy) is 4. The number of esters is 4. The zero-order chi connectivity index (χ0) is 70.0. The molecule has 0 amide bonds. The lowest BCUT2D eigenvalue weighted by Crippen LogP contribution is -2.30. The second-order valence-electron chi connectivity index (χ2n) is 28.1. The third kappa shape index (κ3) is 69.0. The molecule has 6 atom stereocenters. The number of hydrogen-bond donors (Lipinski definition) is 3. The van der Waals surface area contributed by atoms with Crippen LogP contribution in [-0.2, 0) is 65.4 Å². The number of carbonyl (C=O) groups excluding carboxylic acids is 4. The molecule has 0 heterocycles. The highest BCUT2D eigenvalue weighted by atomic mass is 31.2. The molecule has 0 aliphatic heterocycles. The van der Waals surface area contributed by atoms with Gasteiger partial charge in [-0.1, -0.05) is 343 Å². The number of aliphatic hydroxyl groups is 1. The summed E-state index contributed by atoms with van der Waals surface area (Å²) in [7, 11) is -9.90. The molecule has 3 unspecified atom stereocenters. The van der Waals surface area contributed by atoms with Gasteiger partial charge in [-0.05, 0) is 37.5 Å². The molecule has 0 aliphatic carbocycles. The summed E-state index contributed by atoms with van der Waals surface area (Å²) in [6.07, 6.45) is 55.9. The van der Waals surface area contributed by atoms with Crippen LogP contribution < -0.4 is 0 Å². The summed E-state index contributed by atoms with van der Waals surface area (Å²) in [5.74, 6) is -0.524. The summed E-state index contributed by atoms with van der Waals surface area (Å²) in [6.45, 7) is 9.56. The number of phosphoric acid groups is 2. The standard InChI is InChI=1S/C76H148O17P2/c1-7-10-12-14-15-16-17-18-19-20-21-22-23-28-31-37-42-48-54-60-76(81)93-72(65-87-74(79)59-53-47-41-36-30-27-25-24-26-29-34-39-45-50-56-68(4)5)67-91-95(84,85)89-63-70(77)62-88-94(82,83)90-66-71(64-86-73(78)58-52-44-13-11-8-2)92-75(80)61-55-49-43-38-33-32-35-40-46-51-57-69(6)9-3/h68-72,77H,7-67H2,1-6H3,(H,82,83)(H,84,85)/t69?,70-,71+,72+/m0/s1. The van der Waals surface area contributed by atoms with Crippen molar-refractivity contribution in [2.45, 2.75) is 413 Å². The first kappa shape index (κ1) is 93.1. The lowest BCUT2D eigenvalue weighted by atomic mass is 9.99. The Hall–Kier alpha value is -1.94. The average Bonchev–Trinajstić information content (AvgIpc) is 2.04. The average molecular weight is 1400 g/mol. The Balaban J connectivity index is 5.14. The minimum atomic E-state index is -4.96. The number of unbranched alkanes of at least 4 members (excludes halogenated alkanes) is 44. The van der Waals surface area contributed by atoms with Crippen LogP contribution in [0.5, 0.6) is 0 Å². The van der Waals surface area contributed by atoms with E-state index >= 15 is 0 Å². The van der Waals surface area contributed by atoms with Crippen LogP contribution >= 0.6 is 15.6 Å². The first-order chi connectivity index (χ1) is 45.9. The van der Waals surface area contributed by atoms with E-state index in [1.165, 1.54) is 205 Å². The fourth-order valence-electron chi connectivity index (χ4n) is 11.6. The molecule has 0 saturated heterocycles. The maximum absolute atomic E-state index is 13.1. The molecule has 3 N–H and O–H groups in total. The van der Waals surface area contributed by atoms with Crippen molar-refractivity contribution in [2.24, 2.45) is 11.8 Å². The molecule has 0 aromatic heterocycles. The zero-order valence-electron chi connectivity index (χ0n) is 62.0. The van der Waals surface area contributed by atoms with Crippen LogP contribution in [0.1, 0.15) is 395 Å². The quantitative estimate of drug-likeness (QED) is 0.0222. The van der Waals surface area contributed by atoms with Crippen molar-refractivity contribution in [1.29, 1.82) is 0 Å². The molecule has 0 aromatic carbocycles. The Bertz CT molecular complexity index is 1840. The van der Waals surface area contributed by atoms with E-state index in [-0.39, 0.29) is 25.7 Å². The van der Waals surface area contributed by atoms with Gasteiger partial charge < -0.3 is 33.8 Å². The molecule has 564 valence electrons. The van der Waals surface area contributed by atoms with E-state index in [0.717, 1.165) is 108 Å². The van der Waals surface area contributed by atoms with Crippen LogP contribution in [0.15, 0.2) is 0 Å². The first-order valence-electron chi connectivity index (χ1n) is 39.5. The van der Waals surface area contributed by atoms with Crippen LogP contribution in [0.25, 0.3) is 0 Å². The third-order valence-electron chi connectivity index (χ3n) is 18.1. The van der Waals surface area contributed by atoms with Crippen LogP contribution in [0.3, 0.4) is 0 Å². The molecule has 0 saturated carbocycles. The van der Waals surface area contributed by atoms with E-state index in [0.29, 0.717) is 25.7 Å². The van der Waals surface area contributed by atoms with Gasteiger partial charge in [0, 0.05) is 25.7 Å². The van der Waals surface area contributed by atoms with Gasteiger partial charge in [0.2, 0.25) is 0 Å². The summed E-state index contributed by atoms with van der Waals surface area (Å²) in [5.41, 5.74) is 0. The highest BCUT2D eigenvalue weighted by molar-refractivity contribution is 7.47. The Labute approximate surface area is 581 Å². The zero-order valence-corrected chi connectivity index (χ0v) is 63.8. The number of rotatable bonds is 75. The van der Waals surface area contributed by atoms with E-state index in [4.69, 9.17) is 37.0 Å². The van der Waals surface area contributed by atoms with E-state index < -0.39 is 97.5 Å². The monoisotopic (exact) mass is 1400 g/mol. The molecule has 17 nitrogen and oxygen atoms in total. The topological polar surface area (TPSA) is 237 Å². The molecular weight excluding hydrogens is 1250 g/mol. The highest BCUT2D eigenvalue weighted by Crippen LogP contribution is 2.45. The predicted molar refractivity (Wildman–Crippen MR) is 386 cm³/mol. The lowest BCUT2D eigenvalue weighted by molar-refractivity contribution is -0.161. The lowest BCUT2D eigenvalue weighted by Gasteiger charge is -2.21. The SMILES string of the molecule is CCCCCCCCCCCCCCCCCCCCCC(=O)O[C@H](COC(=O)CCCCCCCCCCCCCCCCC(C)C)COP(=O)(O)OC[C@@H](O)COP(=O)(O)OC[C@@H](COC(=O)CCCCCCC)OC(=O)CCCCCCCCCCCCC(C)CC. The van der Waals surface area contributed by atoms with E-state index in [1.54, 1.807) is 0 Å². The maximum Gasteiger partial charge on any atom is 0.472 e. The van der Waals surface area contributed by atoms with Crippen LogP contribution in [0.4, 0.5) is 0 Å². The van der Waals surface area contributed by atoms with Gasteiger partial charge in [-0.2, -0.15) is 0 Å². The van der Waals surface area contributed by atoms with Crippen molar-refractivity contribution >= 4 is 39.5 Å². The molecule has 0 fully saturated rings. The summed E-state index contributed by atoms with van der Waals surface area (Å²) in [4.78, 5) is 72.5. The van der Waals surface area contributed by atoms with Crippen molar-refractivity contribution in [2.75, 3.05) is 39.6 Å². The molecule has 0 radical (unpaired) electrons. The van der Waals surface area contributed by atoms with Gasteiger partial charge >= 0.3 is 39.5 Å². The molecule has 0 aliphatic rings. The number of hydrogen-bond acceptors (Lipinski definition) is 15. The van der Waals surface area contributed by atoms with Crippen molar-refractivity contribution in [1.82, 2.24) is 0 Å². The molecule has 95 heavy (non-hydrogen) atoms. The Kier molecular flexibility index (Phi) is 66.5. The first-order valence-corrected chi connectivity index (χ1v) is 42.5. The normalized spacial score (nSPS) is 14.3. The Morgan fingerprint density at radius 3 is 0.800 bits per heavy atom. The van der Waals surface area contributed by atoms with E-state index in [1.807, 2.05) is 0 Å². The minimum absolute atomic E-state index is 0.105. The minimum Gasteiger partial charge on any atom is -0.462 e. The van der Waals surface area contributed by atoms with Gasteiger partial charge in [0.1, 0.15) is 19.3 Å². The van der Waals surface area contributed by atoms with Gasteiger partial charge in [-0.15, -0.1) is 0 Å². The second kappa shape index (κ2) is 67.9. The molecule has 0 aromatic rings. The predicted octanol–water partition coefficient (Wildman–Crippen LogP) is 22.3. The second-order valence-corrected chi connectivity index (χ2v) is 31.0. The van der Waals surface area contributed by atoms with Gasteiger partial charge in [0.05, 0.1) is 26.4 Å². The van der Waals surface area contributed by atoms with Gasteiger partial charge in [-0.3, -0.25) is 37.3 Å². The number of aliphatic hydroxyl groups excluding tert-OH is 1. The number of carbonyl (C=O) groups is 4. The Morgan fingerprint density at radius 2 is 0.537 bits per heavy atom. The van der Waals surface area contributed by atoms with Gasteiger partial charge in [0.15, 0.2) is 12.2 Å². The van der Waals surface area contributed by atoms with Crippen molar-refractivity contribution in [3.63, 3.8) is 0 Å². The van der Waals surface area contributed by atoms with Gasteiger partial charge in [-0.25, -0.2) is 9.13 Å². The largest absolute Gasteiger partial charge is 0.472 e. The molecule has 19 heteroatoms. The van der Waals surface area contributed by atoms with Gasteiger partial charge in [0.25, 0.3) is 0 Å². The Morgan fingerprint density at radius 1 is 0.305 bits per heavy atom. The summed E-state index contributed by atoms with van der Waals surface area (Å²) >= 11 is 0. The molecular formula is C76H148O17P2. The van der Waals surface area contributed by atoms with Crippen LogP contribution in [-0.4, -0.2) is 96.7 Å². The highest BCUT2D eigenvalue weighted by Gasteiger charge is 2.30. The summed E-state index contributed by atoms with van der Waals surface area (Å²) in [6, 6.07) is 0. The van der Waals surface area contributed by atoms with Crippen molar-refractivity contribution in [3.05, 3.63) is 0 Å². The molecule has 0 rings (SSSR count). The third-order valence-corrected chi connectivity index (χ3v) is 20.0. The fourth-order valence-corrected chi connectivity index (χ4v) is 13.2. The van der Waals surface area contributed by atoms with Crippen LogP contribution in [0, 0.1) is 11.8 Å². The van der Waals surface area contributed by atoms with Crippen molar-refractivity contribution in [3.8, 4) is 0 Å². The fraction of sp³-hybridized carbons (Fsp3) is 0.947. The summed E-state index contributed by atoms with van der Waals surface area (Å²) in [5, 5.41) is 10.6. The number of phosphoric ester groups is 2. The molecule has 0 spiro atoms. The summed E-state index contributed by atoms with van der Waals surface area (Å²) < 4.78 is 68.3. The van der Waals surface area contributed by atoms with E-state index in [2.05, 4.69) is 41.5 Å². The van der Waals surface area contributed by atoms with Crippen molar-refractivity contribution < 1.29 is 80.2 Å². The maximum atomic E-state index is 13.1. The van der Waals surface area contributed by atoms with Crippen LogP contribution in [0.2, 0.25) is 0 Å². The van der Waals surface area contributed by atoms with E-state index in [9.17, 15) is 43.2 Å². The smallest absolute Gasteiger partial charge is 0.462 e. The molecule has 0 bridgehead atoms.